The molecule has 0 heterocycles. The Morgan fingerprint density at radius 2 is 1.85 bits per heavy atom. The molecular weight excluding hydrogens is 186 g/mol. The van der Waals surface area contributed by atoms with E-state index in [4.69, 9.17) is 0 Å². The van der Waals surface area contributed by atoms with Crippen LogP contribution in [0.3, 0.4) is 0 Å². The van der Waals surface area contributed by atoms with Crippen LogP contribution in [0.1, 0.15) is 20.3 Å². The molecule has 0 aliphatic carbocycles. The van der Waals surface area contributed by atoms with Crippen LogP contribution in [0.4, 0.5) is 0 Å². The number of Topliss-reactive ketones (excluding diaryl/α,β-unsaturated/α-hetero) is 1. The molecule has 0 amide bonds. The number of carbonyl (C=O) groups excluding carboxylic acids is 1. The zero-order chi connectivity index (χ0) is 9.78. The van der Waals surface area contributed by atoms with E-state index >= 15 is 0 Å². The van der Waals surface area contributed by atoms with E-state index < -0.39 is 0 Å². The number of hydrogen-bond donors (Lipinski definition) is 0. The second-order valence-corrected chi connectivity index (χ2v) is 4.02. The van der Waals surface area contributed by atoms with Gasteiger partial charge in [-0.3, -0.25) is 4.79 Å². The standard InChI is InChI=1S/C10H20NO.ClH/c1-6-7-11(4,5)8-10(12)9(2)3;/h2,6-8H2,1,3-5H3;1H/q+1;/p-1. The van der Waals surface area contributed by atoms with Gasteiger partial charge in [0.05, 0.1) is 20.6 Å². The third-order valence-electron chi connectivity index (χ3n) is 1.88. The first-order valence-electron chi connectivity index (χ1n) is 4.40. The van der Waals surface area contributed by atoms with Gasteiger partial charge >= 0.3 is 0 Å². The van der Waals surface area contributed by atoms with Crippen molar-refractivity contribution in [3.8, 4) is 0 Å². The van der Waals surface area contributed by atoms with Crippen molar-refractivity contribution < 1.29 is 21.7 Å². The summed E-state index contributed by atoms with van der Waals surface area (Å²) in [5, 5.41) is 0. The Balaban J connectivity index is 0. The third kappa shape index (κ3) is 6.79. The average Bonchev–Trinajstić information content (AvgIpc) is 1.85. The van der Waals surface area contributed by atoms with Gasteiger partial charge in [-0.15, -0.1) is 0 Å². The van der Waals surface area contributed by atoms with E-state index in [0.717, 1.165) is 17.4 Å². The van der Waals surface area contributed by atoms with Crippen molar-refractivity contribution in [3.63, 3.8) is 0 Å². The highest BCUT2D eigenvalue weighted by atomic mass is 35.5. The molecule has 2 nitrogen and oxygen atoms in total. The maximum atomic E-state index is 11.3. The van der Waals surface area contributed by atoms with Gasteiger partial charge in [-0.2, -0.15) is 0 Å². The molecule has 0 aliphatic heterocycles. The van der Waals surface area contributed by atoms with Gasteiger partial charge < -0.3 is 16.9 Å². The molecule has 0 bridgehead atoms. The molecule has 0 N–H and O–H groups in total. The van der Waals surface area contributed by atoms with E-state index in [9.17, 15) is 4.79 Å². The highest BCUT2D eigenvalue weighted by Gasteiger charge is 2.18. The van der Waals surface area contributed by atoms with Gasteiger partial charge in [-0.25, -0.2) is 0 Å². The number of hydrogen-bond acceptors (Lipinski definition) is 1. The lowest BCUT2D eigenvalue weighted by Crippen LogP contribution is -3.00. The molecule has 0 saturated heterocycles. The van der Waals surface area contributed by atoms with Crippen molar-refractivity contribution in [1.29, 1.82) is 0 Å². The van der Waals surface area contributed by atoms with Gasteiger partial charge in [-0.05, 0) is 18.9 Å². The van der Waals surface area contributed by atoms with Gasteiger partial charge in [0.1, 0.15) is 6.54 Å². The van der Waals surface area contributed by atoms with Crippen LogP contribution in [0.25, 0.3) is 0 Å². The molecular formula is C10H20ClNO. The molecule has 0 saturated carbocycles. The molecule has 0 aromatic rings. The second kappa shape index (κ2) is 6.17. The molecule has 0 spiro atoms. The van der Waals surface area contributed by atoms with Crippen LogP contribution in [0.2, 0.25) is 0 Å². The lowest BCUT2D eigenvalue weighted by molar-refractivity contribution is -0.882. The van der Waals surface area contributed by atoms with Gasteiger partial charge in [0, 0.05) is 0 Å². The summed E-state index contributed by atoms with van der Waals surface area (Å²) in [5.41, 5.74) is 0.664. The van der Waals surface area contributed by atoms with Crippen LogP contribution in [0.5, 0.6) is 0 Å². The largest absolute Gasteiger partial charge is 1.00 e. The van der Waals surface area contributed by atoms with Gasteiger partial charge in [0.25, 0.3) is 0 Å². The van der Waals surface area contributed by atoms with Crippen molar-refractivity contribution >= 4 is 5.78 Å². The van der Waals surface area contributed by atoms with Crippen LogP contribution < -0.4 is 12.4 Å². The molecule has 0 aromatic heterocycles. The van der Waals surface area contributed by atoms with Crippen molar-refractivity contribution in [2.75, 3.05) is 27.2 Å². The van der Waals surface area contributed by atoms with Gasteiger partial charge in [-0.1, -0.05) is 13.5 Å². The highest BCUT2D eigenvalue weighted by molar-refractivity contribution is 5.95. The molecule has 0 fully saturated rings. The van der Waals surface area contributed by atoms with E-state index in [1.807, 2.05) is 0 Å². The Bertz CT molecular complexity index is 187. The van der Waals surface area contributed by atoms with Crippen LogP contribution >= 0.6 is 0 Å². The minimum Gasteiger partial charge on any atom is -1.00 e. The summed E-state index contributed by atoms with van der Waals surface area (Å²) in [5.74, 6) is 0.174. The van der Waals surface area contributed by atoms with Crippen molar-refractivity contribution in [1.82, 2.24) is 0 Å². The summed E-state index contributed by atoms with van der Waals surface area (Å²) in [6, 6.07) is 0. The summed E-state index contributed by atoms with van der Waals surface area (Å²) < 4.78 is 0.766. The number of nitrogens with zero attached hydrogens (tertiary/aromatic N) is 1. The Hall–Kier alpha value is -0.340. The summed E-state index contributed by atoms with van der Waals surface area (Å²) >= 11 is 0. The normalized spacial score (nSPS) is 10.5. The number of likely N-dealkylation sites (N-methyl/N-ethyl adjacent to an activating group) is 1. The fraction of sp³-hybridized carbons (Fsp3) is 0.700. The predicted octanol–water partition coefficient (Wildman–Crippen LogP) is -1.38. The van der Waals surface area contributed by atoms with Gasteiger partial charge in [0.2, 0.25) is 5.78 Å². The minimum absolute atomic E-state index is 0. The number of halogens is 1. The molecule has 0 rings (SSSR count). The fourth-order valence-electron chi connectivity index (χ4n) is 1.21. The Labute approximate surface area is 87.6 Å². The first kappa shape index (κ1) is 15.1. The third-order valence-corrected chi connectivity index (χ3v) is 1.88. The molecule has 0 aliphatic rings. The van der Waals surface area contributed by atoms with Crippen LogP contribution in [-0.2, 0) is 4.79 Å². The van der Waals surface area contributed by atoms with Crippen LogP contribution in [-0.4, -0.2) is 37.5 Å². The quantitative estimate of drug-likeness (QED) is 0.400. The first-order valence-corrected chi connectivity index (χ1v) is 4.40. The lowest BCUT2D eigenvalue weighted by atomic mass is 10.2. The number of carbonyl (C=O) groups is 1. The number of quaternary nitrogens is 1. The predicted molar refractivity (Wildman–Crippen MR) is 52.0 cm³/mol. The summed E-state index contributed by atoms with van der Waals surface area (Å²) in [7, 11) is 4.15. The maximum Gasteiger partial charge on any atom is 0.212 e. The fourth-order valence-corrected chi connectivity index (χ4v) is 1.21. The van der Waals surface area contributed by atoms with Crippen LogP contribution in [0, 0.1) is 0 Å². The monoisotopic (exact) mass is 205 g/mol. The smallest absolute Gasteiger partial charge is 0.212 e. The SMILES string of the molecule is C=C(C)C(=O)C[N+](C)(C)CCC.[Cl-]. The number of rotatable bonds is 5. The molecule has 78 valence electrons. The van der Waals surface area contributed by atoms with E-state index in [1.54, 1.807) is 6.92 Å². The zero-order valence-electron chi connectivity index (χ0n) is 9.06. The molecule has 0 unspecified atom stereocenters. The van der Waals surface area contributed by atoms with E-state index in [2.05, 4.69) is 27.6 Å². The molecule has 0 radical (unpaired) electrons. The Kier molecular flexibility index (Phi) is 7.18. The van der Waals surface area contributed by atoms with Crippen molar-refractivity contribution in [2.45, 2.75) is 20.3 Å². The summed E-state index contributed by atoms with van der Waals surface area (Å²) in [4.78, 5) is 11.3. The minimum atomic E-state index is 0. The average molecular weight is 206 g/mol. The Morgan fingerprint density at radius 1 is 1.38 bits per heavy atom. The number of ketones is 1. The second-order valence-electron chi connectivity index (χ2n) is 4.02. The van der Waals surface area contributed by atoms with Gasteiger partial charge in [0.15, 0.2) is 0 Å². The summed E-state index contributed by atoms with van der Waals surface area (Å²) in [6.45, 7) is 9.16. The summed E-state index contributed by atoms with van der Waals surface area (Å²) in [6.07, 6.45) is 1.11. The Morgan fingerprint density at radius 3 is 2.15 bits per heavy atom. The van der Waals surface area contributed by atoms with E-state index in [0.29, 0.717) is 12.1 Å². The molecule has 13 heavy (non-hydrogen) atoms. The molecule has 0 aromatic carbocycles. The topological polar surface area (TPSA) is 17.1 Å². The lowest BCUT2D eigenvalue weighted by Gasteiger charge is -2.28. The van der Waals surface area contributed by atoms with Crippen molar-refractivity contribution in [2.24, 2.45) is 0 Å². The van der Waals surface area contributed by atoms with E-state index in [1.165, 1.54) is 0 Å². The molecule has 3 heteroatoms. The van der Waals surface area contributed by atoms with E-state index in [-0.39, 0.29) is 18.2 Å². The molecule has 0 atom stereocenters. The zero-order valence-corrected chi connectivity index (χ0v) is 9.82. The maximum absolute atomic E-state index is 11.3. The van der Waals surface area contributed by atoms with Crippen LogP contribution in [0.15, 0.2) is 12.2 Å². The van der Waals surface area contributed by atoms with Crippen molar-refractivity contribution in [3.05, 3.63) is 12.2 Å². The highest BCUT2D eigenvalue weighted by Crippen LogP contribution is 2.02. The first-order chi connectivity index (χ1) is 5.39.